The Morgan fingerprint density at radius 3 is 2.29 bits per heavy atom. The van der Waals surface area contributed by atoms with Crippen molar-refractivity contribution in [3.05, 3.63) is 47.1 Å². The average Bonchev–Trinajstić information content (AvgIpc) is 2.51. The first-order valence-corrected chi connectivity index (χ1v) is 7.17. The zero-order chi connectivity index (χ0) is 15.2. The van der Waals surface area contributed by atoms with Gasteiger partial charge in [0.1, 0.15) is 0 Å². The molecule has 0 unspecified atom stereocenters. The highest BCUT2D eigenvalue weighted by Crippen LogP contribution is 2.17. The van der Waals surface area contributed by atoms with Gasteiger partial charge in [-0.1, -0.05) is 11.6 Å². The van der Waals surface area contributed by atoms with Gasteiger partial charge in [0.05, 0.1) is 0 Å². The number of nitrogens with one attached hydrogen (secondary N) is 1. The van der Waals surface area contributed by atoms with Crippen LogP contribution in [0.4, 0.5) is 11.5 Å². The molecule has 0 aliphatic heterocycles. The topological polar surface area (TPSA) is 58.1 Å². The maximum Gasteiger partial charge on any atom is 0.274 e. The summed E-state index contributed by atoms with van der Waals surface area (Å²) in [7, 11) is 0. The minimum atomic E-state index is -0.106. The maximum absolute atomic E-state index is 12.1. The number of nitrogens with zero attached hydrogens (tertiary/aromatic N) is 3. The number of amides is 1. The Bertz CT molecular complexity index is 594. The van der Waals surface area contributed by atoms with Gasteiger partial charge in [-0.2, -0.15) is 0 Å². The lowest BCUT2D eigenvalue weighted by Gasteiger charge is -2.17. The average molecular weight is 305 g/mol. The van der Waals surface area contributed by atoms with Gasteiger partial charge in [-0.25, -0.2) is 0 Å². The van der Waals surface area contributed by atoms with Crippen molar-refractivity contribution < 1.29 is 4.79 Å². The molecule has 0 aliphatic carbocycles. The van der Waals surface area contributed by atoms with Gasteiger partial charge in [0.15, 0.2) is 11.5 Å². The molecule has 0 aliphatic rings. The third-order valence-corrected chi connectivity index (χ3v) is 3.30. The molecule has 0 bridgehead atoms. The fourth-order valence-electron chi connectivity index (χ4n) is 1.87. The molecule has 0 saturated carbocycles. The van der Waals surface area contributed by atoms with Gasteiger partial charge in [-0.05, 0) is 50.2 Å². The lowest BCUT2D eigenvalue weighted by Crippen LogP contribution is -2.31. The van der Waals surface area contributed by atoms with Crippen LogP contribution in [0.25, 0.3) is 0 Å². The number of benzene rings is 1. The summed E-state index contributed by atoms with van der Waals surface area (Å²) in [6.45, 7) is 5.18. The van der Waals surface area contributed by atoms with Crippen LogP contribution in [-0.4, -0.2) is 34.1 Å². The minimum absolute atomic E-state index is 0.106. The predicted molar refractivity (Wildman–Crippen MR) is 84.0 cm³/mol. The summed E-state index contributed by atoms with van der Waals surface area (Å²) in [5.41, 5.74) is 1.21. The zero-order valence-corrected chi connectivity index (χ0v) is 12.8. The monoisotopic (exact) mass is 304 g/mol. The Morgan fingerprint density at radius 1 is 1.10 bits per heavy atom. The van der Waals surface area contributed by atoms with E-state index >= 15 is 0 Å². The number of aromatic nitrogens is 2. The summed E-state index contributed by atoms with van der Waals surface area (Å²) in [6, 6.07) is 10.7. The highest BCUT2D eigenvalue weighted by molar-refractivity contribution is 6.30. The Kier molecular flexibility index (Phi) is 5.11. The number of carbonyl (C=O) groups is 1. The van der Waals surface area contributed by atoms with Crippen molar-refractivity contribution in [3.63, 3.8) is 0 Å². The van der Waals surface area contributed by atoms with Crippen LogP contribution >= 0.6 is 11.6 Å². The van der Waals surface area contributed by atoms with Crippen molar-refractivity contribution >= 4 is 29.0 Å². The molecule has 0 fully saturated rings. The van der Waals surface area contributed by atoms with Crippen LogP contribution in [-0.2, 0) is 0 Å². The molecular formula is C15H17ClN4O. The van der Waals surface area contributed by atoms with Gasteiger partial charge in [0, 0.05) is 23.8 Å². The van der Waals surface area contributed by atoms with Gasteiger partial charge in [0.2, 0.25) is 0 Å². The summed E-state index contributed by atoms with van der Waals surface area (Å²) in [4.78, 5) is 13.8. The summed E-state index contributed by atoms with van der Waals surface area (Å²) < 4.78 is 0. The van der Waals surface area contributed by atoms with Crippen LogP contribution in [0.15, 0.2) is 36.4 Å². The molecule has 1 amide bonds. The van der Waals surface area contributed by atoms with Gasteiger partial charge < -0.3 is 10.2 Å². The van der Waals surface area contributed by atoms with E-state index in [4.69, 9.17) is 11.6 Å². The Morgan fingerprint density at radius 2 is 1.76 bits per heavy atom. The smallest absolute Gasteiger partial charge is 0.274 e. The summed E-state index contributed by atoms with van der Waals surface area (Å²) >= 11 is 5.83. The largest absolute Gasteiger partial charge is 0.339 e. The number of carbonyl (C=O) groups excluding carboxylic acids is 1. The molecule has 0 spiro atoms. The van der Waals surface area contributed by atoms with E-state index < -0.39 is 0 Å². The Balaban J connectivity index is 2.08. The van der Waals surface area contributed by atoms with E-state index in [-0.39, 0.29) is 5.91 Å². The quantitative estimate of drug-likeness (QED) is 0.920. The SMILES string of the molecule is CCN(CC)C(=O)c1ccc(Nc2ccc(Cl)cc2)nn1. The first-order chi connectivity index (χ1) is 10.1. The summed E-state index contributed by atoms with van der Waals surface area (Å²) in [6.07, 6.45) is 0. The first-order valence-electron chi connectivity index (χ1n) is 6.79. The van der Waals surface area contributed by atoms with Crippen LogP contribution in [0.2, 0.25) is 5.02 Å². The lowest BCUT2D eigenvalue weighted by molar-refractivity contribution is 0.0766. The van der Waals surface area contributed by atoms with Crippen LogP contribution in [0.5, 0.6) is 0 Å². The van der Waals surface area contributed by atoms with E-state index in [0.29, 0.717) is 29.6 Å². The van der Waals surface area contributed by atoms with E-state index in [9.17, 15) is 4.79 Å². The normalized spacial score (nSPS) is 10.2. The molecule has 2 rings (SSSR count). The van der Waals surface area contributed by atoms with Gasteiger partial charge in [-0.15, -0.1) is 10.2 Å². The third kappa shape index (κ3) is 3.92. The van der Waals surface area contributed by atoms with Crippen molar-refractivity contribution in [3.8, 4) is 0 Å². The zero-order valence-electron chi connectivity index (χ0n) is 12.0. The number of anilines is 2. The van der Waals surface area contributed by atoms with Crippen molar-refractivity contribution in [2.75, 3.05) is 18.4 Å². The van der Waals surface area contributed by atoms with E-state index in [1.807, 2.05) is 26.0 Å². The predicted octanol–water partition coefficient (Wildman–Crippen LogP) is 3.36. The fourth-order valence-corrected chi connectivity index (χ4v) is 1.99. The first kappa shape index (κ1) is 15.3. The van der Waals surface area contributed by atoms with Crippen LogP contribution in [0, 0.1) is 0 Å². The maximum atomic E-state index is 12.1. The molecule has 21 heavy (non-hydrogen) atoms. The second-order valence-corrected chi connectivity index (χ2v) is 4.85. The standard InChI is InChI=1S/C15H17ClN4O/c1-3-20(4-2)15(21)13-9-10-14(19-18-13)17-12-7-5-11(16)6-8-12/h5-10H,3-4H2,1-2H3,(H,17,19). The molecule has 6 heteroatoms. The van der Waals surface area contributed by atoms with Crippen molar-refractivity contribution in [1.29, 1.82) is 0 Å². The number of hydrogen-bond donors (Lipinski definition) is 1. The molecule has 1 N–H and O–H groups in total. The van der Waals surface area contributed by atoms with E-state index in [1.165, 1.54) is 0 Å². The van der Waals surface area contributed by atoms with E-state index in [0.717, 1.165) is 5.69 Å². The second-order valence-electron chi connectivity index (χ2n) is 4.41. The van der Waals surface area contributed by atoms with Crippen LogP contribution in [0.3, 0.4) is 0 Å². The molecule has 1 heterocycles. The molecule has 1 aromatic heterocycles. The van der Waals surface area contributed by atoms with Crippen molar-refractivity contribution in [1.82, 2.24) is 15.1 Å². The molecule has 1 aromatic carbocycles. The Labute approximate surface area is 128 Å². The highest BCUT2D eigenvalue weighted by atomic mass is 35.5. The molecular weight excluding hydrogens is 288 g/mol. The molecule has 5 nitrogen and oxygen atoms in total. The highest BCUT2D eigenvalue weighted by Gasteiger charge is 2.14. The number of rotatable bonds is 5. The molecule has 110 valence electrons. The van der Waals surface area contributed by atoms with Gasteiger partial charge in [-0.3, -0.25) is 4.79 Å². The summed E-state index contributed by atoms with van der Waals surface area (Å²) in [5.74, 6) is 0.471. The van der Waals surface area contributed by atoms with Gasteiger partial charge >= 0.3 is 0 Å². The summed E-state index contributed by atoms with van der Waals surface area (Å²) in [5, 5.41) is 11.8. The van der Waals surface area contributed by atoms with Crippen LogP contribution < -0.4 is 5.32 Å². The number of hydrogen-bond acceptors (Lipinski definition) is 4. The van der Waals surface area contributed by atoms with Crippen LogP contribution in [0.1, 0.15) is 24.3 Å². The third-order valence-electron chi connectivity index (χ3n) is 3.05. The second kappa shape index (κ2) is 7.04. The molecule has 2 aromatic rings. The fraction of sp³-hybridized carbons (Fsp3) is 0.267. The van der Waals surface area contributed by atoms with Crippen molar-refractivity contribution in [2.45, 2.75) is 13.8 Å². The van der Waals surface area contributed by atoms with Gasteiger partial charge in [0.25, 0.3) is 5.91 Å². The molecule has 0 radical (unpaired) electrons. The molecule has 0 atom stereocenters. The number of halogens is 1. The van der Waals surface area contributed by atoms with E-state index in [2.05, 4.69) is 15.5 Å². The lowest BCUT2D eigenvalue weighted by atomic mass is 10.3. The van der Waals surface area contributed by atoms with Crippen molar-refractivity contribution in [2.24, 2.45) is 0 Å². The van der Waals surface area contributed by atoms with E-state index in [1.54, 1.807) is 29.2 Å². The Hall–Kier alpha value is -2.14. The minimum Gasteiger partial charge on any atom is -0.339 e. The molecule has 0 saturated heterocycles.